The van der Waals surface area contributed by atoms with E-state index in [1.54, 1.807) is 12.3 Å². The number of rotatable bonds is 5. The van der Waals surface area contributed by atoms with Crippen molar-refractivity contribution in [1.82, 2.24) is 9.71 Å². The van der Waals surface area contributed by atoms with Crippen molar-refractivity contribution in [2.45, 2.75) is 31.9 Å². The number of aliphatic hydroxyl groups excluding tert-OH is 1. The lowest BCUT2D eigenvalue weighted by molar-refractivity contribution is 0.280. The number of aliphatic hydroxyl groups is 1. The van der Waals surface area contributed by atoms with Gasteiger partial charge in [0.25, 0.3) is 0 Å². The first kappa shape index (κ1) is 15.1. The van der Waals surface area contributed by atoms with Gasteiger partial charge in [-0.3, -0.25) is 0 Å². The summed E-state index contributed by atoms with van der Waals surface area (Å²) < 4.78 is 26.9. The number of hydrogen-bond acceptors (Lipinski definition) is 5. The number of nitrogens with zero attached hydrogens (tertiary/aromatic N) is 1. The summed E-state index contributed by atoms with van der Waals surface area (Å²) in [5, 5.41) is 9.92. The van der Waals surface area contributed by atoms with Crippen LogP contribution < -0.4 is 4.72 Å². The molecule has 1 aromatic carbocycles. The normalized spacial score (nSPS) is 11.8. The standard InChI is InChI=1S/C13H16N2O3S2/c1-9-3-4-12(5-11(9)8-16)20(17,18)15-7-13-14-6-10(2)19-13/h3-6,15-16H,7-8H2,1-2H3. The molecule has 0 amide bonds. The highest BCUT2D eigenvalue weighted by Crippen LogP contribution is 2.17. The molecule has 2 aromatic rings. The Morgan fingerprint density at radius 2 is 2.10 bits per heavy atom. The molecular weight excluding hydrogens is 296 g/mol. The van der Waals surface area contributed by atoms with Gasteiger partial charge in [-0.2, -0.15) is 0 Å². The van der Waals surface area contributed by atoms with Crippen LogP contribution in [0.4, 0.5) is 0 Å². The summed E-state index contributed by atoms with van der Waals surface area (Å²) in [5.41, 5.74) is 1.47. The largest absolute Gasteiger partial charge is 0.392 e. The first-order valence-electron chi connectivity index (χ1n) is 6.04. The zero-order valence-electron chi connectivity index (χ0n) is 11.3. The van der Waals surface area contributed by atoms with E-state index in [1.165, 1.54) is 23.5 Å². The van der Waals surface area contributed by atoms with Crippen LogP contribution in [0.2, 0.25) is 0 Å². The molecule has 20 heavy (non-hydrogen) atoms. The van der Waals surface area contributed by atoms with Crippen molar-refractivity contribution in [2.75, 3.05) is 0 Å². The Morgan fingerprint density at radius 3 is 2.70 bits per heavy atom. The highest BCUT2D eigenvalue weighted by molar-refractivity contribution is 7.89. The first-order chi connectivity index (χ1) is 9.42. The molecule has 0 aliphatic rings. The number of sulfonamides is 1. The molecule has 0 fully saturated rings. The summed E-state index contributed by atoms with van der Waals surface area (Å²) in [5.74, 6) is 0. The predicted molar refractivity (Wildman–Crippen MR) is 78.0 cm³/mol. The van der Waals surface area contributed by atoms with Gasteiger partial charge in [-0.1, -0.05) is 6.07 Å². The van der Waals surface area contributed by atoms with Crippen molar-refractivity contribution in [2.24, 2.45) is 0 Å². The number of benzene rings is 1. The van der Waals surface area contributed by atoms with E-state index in [1.807, 2.05) is 13.8 Å². The topological polar surface area (TPSA) is 79.3 Å². The molecule has 7 heteroatoms. The number of thiazole rings is 1. The van der Waals surface area contributed by atoms with Crippen LogP contribution in [-0.4, -0.2) is 18.5 Å². The van der Waals surface area contributed by atoms with E-state index >= 15 is 0 Å². The summed E-state index contributed by atoms with van der Waals surface area (Å²) in [6.07, 6.45) is 1.71. The molecule has 1 heterocycles. The molecule has 0 saturated carbocycles. The number of aromatic nitrogens is 1. The minimum atomic E-state index is -3.59. The molecule has 0 radical (unpaired) electrons. The maximum Gasteiger partial charge on any atom is 0.240 e. The fourth-order valence-electron chi connectivity index (χ4n) is 1.71. The molecule has 0 atom stereocenters. The zero-order chi connectivity index (χ0) is 14.8. The van der Waals surface area contributed by atoms with Crippen molar-refractivity contribution >= 4 is 21.4 Å². The molecule has 0 saturated heterocycles. The highest BCUT2D eigenvalue weighted by atomic mass is 32.2. The lowest BCUT2D eigenvalue weighted by atomic mass is 10.1. The molecule has 5 nitrogen and oxygen atoms in total. The van der Waals surface area contributed by atoms with Crippen LogP contribution in [0.25, 0.3) is 0 Å². The van der Waals surface area contributed by atoms with E-state index in [2.05, 4.69) is 9.71 Å². The van der Waals surface area contributed by atoms with Crippen LogP contribution in [0.5, 0.6) is 0 Å². The number of aryl methyl sites for hydroxylation is 2. The average Bonchev–Trinajstić information content (AvgIpc) is 2.83. The molecular formula is C13H16N2O3S2. The minimum Gasteiger partial charge on any atom is -0.392 e. The van der Waals surface area contributed by atoms with Gasteiger partial charge in [0.05, 0.1) is 18.0 Å². The monoisotopic (exact) mass is 312 g/mol. The quantitative estimate of drug-likeness (QED) is 0.881. The Labute approximate surface area is 122 Å². The van der Waals surface area contributed by atoms with Crippen molar-refractivity contribution in [3.8, 4) is 0 Å². The fraction of sp³-hybridized carbons (Fsp3) is 0.308. The number of hydrogen-bond donors (Lipinski definition) is 2. The summed E-state index contributed by atoms with van der Waals surface area (Å²) in [6, 6.07) is 4.71. The van der Waals surface area contributed by atoms with E-state index in [4.69, 9.17) is 0 Å². The third-order valence-corrected chi connectivity index (χ3v) is 5.20. The Kier molecular flexibility index (Phi) is 4.54. The van der Waals surface area contributed by atoms with Crippen LogP contribution in [0.15, 0.2) is 29.3 Å². The maximum atomic E-state index is 12.2. The molecule has 1 aromatic heterocycles. The second-order valence-electron chi connectivity index (χ2n) is 4.44. The Bertz CT molecular complexity index is 708. The summed E-state index contributed by atoms with van der Waals surface area (Å²) in [6.45, 7) is 3.74. The lowest BCUT2D eigenvalue weighted by Gasteiger charge is -2.08. The van der Waals surface area contributed by atoms with Crippen molar-refractivity contribution in [1.29, 1.82) is 0 Å². The highest BCUT2D eigenvalue weighted by Gasteiger charge is 2.15. The second kappa shape index (κ2) is 6.01. The van der Waals surface area contributed by atoms with Gasteiger partial charge in [-0.05, 0) is 37.1 Å². The third kappa shape index (κ3) is 3.43. The van der Waals surface area contributed by atoms with Crippen LogP contribution in [-0.2, 0) is 23.2 Å². The minimum absolute atomic E-state index is 0.153. The Hall–Kier alpha value is -1.28. The van der Waals surface area contributed by atoms with E-state index in [0.29, 0.717) is 5.56 Å². The van der Waals surface area contributed by atoms with Crippen LogP contribution in [0, 0.1) is 13.8 Å². The average molecular weight is 312 g/mol. The lowest BCUT2D eigenvalue weighted by Crippen LogP contribution is -2.23. The predicted octanol–water partition coefficient (Wildman–Crippen LogP) is 1.73. The molecule has 0 bridgehead atoms. The molecule has 2 N–H and O–H groups in total. The van der Waals surface area contributed by atoms with Crippen molar-refractivity contribution < 1.29 is 13.5 Å². The molecule has 0 aliphatic heterocycles. The van der Waals surface area contributed by atoms with Crippen molar-refractivity contribution in [3.63, 3.8) is 0 Å². The molecule has 0 spiro atoms. The van der Waals surface area contributed by atoms with Gasteiger partial charge in [0.1, 0.15) is 5.01 Å². The first-order valence-corrected chi connectivity index (χ1v) is 8.33. The van der Waals surface area contributed by atoms with Gasteiger partial charge in [-0.25, -0.2) is 18.1 Å². The van der Waals surface area contributed by atoms with E-state index in [-0.39, 0.29) is 18.0 Å². The van der Waals surface area contributed by atoms with Gasteiger partial charge in [0.2, 0.25) is 10.0 Å². The molecule has 0 unspecified atom stereocenters. The smallest absolute Gasteiger partial charge is 0.240 e. The molecule has 108 valence electrons. The summed E-state index contributed by atoms with van der Waals surface area (Å²) in [7, 11) is -3.59. The van der Waals surface area contributed by atoms with Gasteiger partial charge in [0, 0.05) is 11.1 Å². The number of nitrogens with one attached hydrogen (secondary N) is 1. The summed E-state index contributed by atoms with van der Waals surface area (Å²) in [4.78, 5) is 5.30. The third-order valence-electron chi connectivity index (χ3n) is 2.88. The van der Waals surface area contributed by atoms with E-state index in [9.17, 15) is 13.5 Å². The van der Waals surface area contributed by atoms with Crippen LogP contribution in [0.3, 0.4) is 0 Å². The zero-order valence-corrected chi connectivity index (χ0v) is 12.9. The van der Waals surface area contributed by atoms with Gasteiger partial charge in [-0.15, -0.1) is 11.3 Å². The van der Waals surface area contributed by atoms with Crippen molar-refractivity contribution in [3.05, 3.63) is 45.4 Å². The molecule has 0 aliphatic carbocycles. The van der Waals surface area contributed by atoms with Gasteiger partial charge in [0.15, 0.2) is 0 Å². The van der Waals surface area contributed by atoms with Gasteiger partial charge < -0.3 is 5.11 Å². The van der Waals surface area contributed by atoms with E-state index < -0.39 is 10.0 Å². The van der Waals surface area contributed by atoms with Gasteiger partial charge >= 0.3 is 0 Å². The van der Waals surface area contributed by atoms with E-state index in [0.717, 1.165) is 15.4 Å². The fourth-order valence-corrected chi connectivity index (χ4v) is 3.56. The Balaban J connectivity index is 2.17. The SMILES string of the molecule is Cc1cnc(CNS(=O)(=O)c2ccc(C)c(CO)c2)s1. The second-order valence-corrected chi connectivity index (χ2v) is 7.52. The maximum absolute atomic E-state index is 12.2. The molecule has 2 rings (SSSR count). The summed E-state index contributed by atoms with van der Waals surface area (Å²) >= 11 is 1.46. The van der Waals surface area contributed by atoms with Crippen LogP contribution >= 0.6 is 11.3 Å². The Morgan fingerprint density at radius 1 is 1.35 bits per heavy atom. The van der Waals surface area contributed by atoms with Crippen LogP contribution in [0.1, 0.15) is 21.0 Å².